The molecule has 160 valence electrons. The summed E-state index contributed by atoms with van der Waals surface area (Å²) >= 11 is 7.58. The van der Waals surface area contributed by atoms with Crippen LogP contribution in [0.2, 0.25) is 5.02 Å². The molecule has 30 heavy (non-hydrogen) atoms. The van der Waals surface area contributed by atoms with E-state index in [1.54, 1.807) is 24.3 Å². The molecule has 3 aromatic rings. The number of rotatable bonds is 9. The minimum absolute atomic E-state index is 0.0246. The Kier molecular flexibility index (Phi) is 6.97. The van der Waals surface area contributed by atoms with E-state index < -0.39 is 22.0 Å². The predicted molar refractivity (Wildman–Crippen MR) is 120 cm³/mol. The van der Waals surface area contributed by atoms with Crippen molar-refractivity contribution in [2.75, 3.05) is 5.32 Å². The zero-order chi connectivity index (χ0) is 21.9. The molecule has 0 saturated carbocycles. The standard InChI is InChI=1S/C20H22ClN3O4S2/c1-12(2)10-15(19(25)26)24-30(27,28)17-9-4-3-6-13(17)11-22-20-23-18-14(21)7-5-8-16(18)29-20/h3-9,12,15,24H,10-11H2,1-2H3,(H,22,23)(H,25,26)/t15-/m0/s1. The highest BCUT2D eigenvalue weighted by Crippen LogP contribution is 2.31. The van der Waals surface area contributed by atoms with Gasteiger partial charge < -0.3 is 10.4 Å². The summed E-state index contributed by atoms with van der Waals surface area (Å²) in [4.78, 5) is 16.0. The van der Waals surface area contributed by atoms with E-state index in [4.69, 9.17) is 11.6 Å². The molecule has 0 aliphatic carbocycles. The van der Waals surface area contributed by atoms with Crippen molar-refractivity contribution >= 4 is 54.3 Å². The number of halogens is 1. The van der Waals surface area contributed by atoms with Gasteiger partial charge in [-0.15, -0.1) is 0 Å². The Morgan fingerprint density at radius 3 is 2.60 bits per heavy atom. The van der Waals surface area contributed by atoms with Gasteiger partial charge in [-0.1, -0.05) is 61.1 Å². The summed E-state index contributed by atoms with van der Waals surface area (Å²) < 4.78 is 29.1. The van der Waals surface area contributed by atoms with Crippen molar-refractivity contribution in [2.45, 2.75) is 37.8 Å². The van der Waals surface area contributed by atoms with E-state index in [2.05, 4.69) is 15.0 Å². The molecule has 0 unspecified atom stereocenters. The Morgan fingerprint density at radius 2 is 1.93 bits per heavy atom. The topological polar surface area (TPSA) is 108 Å². The Labute approximate surface area is 184 Å². The fraction of sp³-hybridized carbons (Fsp3) is 0.300. The van der Waals surface area contributed by atoms with E-state index in [1.165, 1.54) is 17.4 Å². The lowest BCUT2D eigenvalue weighted by Crippen LogP contribution is -2.41. The Balaban J connectivity index is 1.82. The second-order valence-electron chi connectivity index (χ2n) is 7.21. The SMILES string of the molecule is CC(C)C[C@H](NS(=O)(=O)c1ccccc1CNc1nc2c(Cl)cccc2s1)C(=O)O. The third kappa shape index (κ3) is 5.28. The van der Waals surface area contributed by atoms with Crippen molar-refractivity contribution in [1.82, 2.24) is 9.71 Å². The van der Waals surface area contributed by atoms with Crippen LogP contribution in [0.5, 0.6) is 0 Å². The van der Waals surface area contributed by atoms with Gasteiger partial charge in [0.1, 0.15) is 11.6 Å². The maximum absolute atomic E-state index is 12.9. The molecule has 2 aromatic carbocycles. The number of carboxylic acids is 1. The van der Waals surface area contributed by atoms with Crippen molar-refractivity contribution in [1.29, 1.82) is 0 Å². The van der Waals surface area contributed by atoms with Crippen LogP contribution in [0.1, 0.15) is 25.8 Å². The van der Waals surface area contributed by atoms with Crippen LogP contribution in [0.15, 0.2) is 47.4 Å². The summed E-state index contributed by atoms with van der Waals surface area (Å²) in [6, 6.07) is 10.8. The summed E-state index contributed by atoms with van der Waals surface area (Å²) in [5.41, 5.74) is 1.19. The third-order valence-corrected chi connectivity index (χ3v) is 7.22. The number of fused-ring (bicyclic) bond motifs is 1. The molecule has 1 aromatic heterocycles. The second-order valence-corrected chi connectivity index (χ2v) is 10.3. The molecule has 0 spiro atoms. The molecule has 0 bridgehead atoms. The minimum atomic E-state index is -4.03. The van der Waals surface area contributed by atoms with Crippen molar-refractivity contribution in [2.24, 2.45) is 5.92 Å². The van der Waals surface area contributed by atoms with Crippen LogP contribution in [0.3, 0.4) is 0 Å². The molecule has 0 amide bonds. The molecule has 3 rings (SSSR count). The molecular formula is C20H22ClN3O4S2. The van der Waals surface area contributed by atoms with E-state index in [0.29, 0.717) is 21.2 Å². The number of hydrogen-bond acceptors (Lipinski definition) is 6. The van der Waals surface area contributed by atoms with Crippen LogP contribution in [-0.4, -0.2) is 30.5 Å². The summed E-state index contributed by atoms with van der Waals surface area (Å²) in [7, 11) is -4.03. The number of sulfonamides is 1. The van der Waals surface area contributed by atoms with E-state index in [0.717, 1.165) is 4.70 Å². The smallest absolute Gasteiger partial charge is 0.321 e. The molecule has 1 heterocycles. The van der Waals surface area contributed by atoms with Crippen LogP contribution in [0.4, 0.5) is 5.13 Å². The average Bonchev–Trinajstić information content (AvgIpc) is 3.10. The fourth-order valence-electron chi connectivity index (χ4n) is 2.99. The van der Waals surface area contributed by atoms with Crippen LogP contribution in [0.25, 0.3) is 10.2 Å². The van der Waals surface area contributed by atoms with Gasteiger partial charge in [0.05, 0.1) is 14.6 Å². The van der Waals surface area contributed by atoms with Crippen LogP contribution >= 0.6 is 22.9 Å². The van der Waals surface area contributed by atoms with Crippen LogP contribution in [0, 0.1) is 5.92 Å². The van der Waals surface area contributed by atoms with Gasteiger partial charge in [-0.05, 0) is 36.1 Å². The highest BCUT2D eigenvalue weighted by atomic mass is 35.5. The molecule has 0 radical (unpaired) electrons. The lowest BCUT2D eigenvalue weighted by Gasteiger charge is -2.18. The molecule has 3 N–H and O–H groups in total. The van der Waals surface area contributed by atoms with Crippen molar-refractivity contribution in [3.8, 4) is 0 Å². The van der Waals surface area contributed by atoms with E-state index in [9.17, 15) is 18.3 Å². The number of nitrogens with one attached hydrogen (secondary N) is 2. The lowest BCUT2D eigenvalue weighted by molar-refractivity contribution is -0.139. The highest BCUT2D eigenvalue weighted by Gasteiger charge is 2.27. The summed E-state index contributed by atoms with van der Waals surface area (Å²) in [6.45, 7) is 3.88. The molecule has 0 saturated heterocycles. The van der Waals surface area contributed by atoms with Crippen molar-refractivity contribution in [3.63, 3.8) is 0 Å². The molecule has 10 heteroatoms. The van der Waals surface area contributed by atoms with Gasteiger partial charge in [-0.25, -0.2) is 13.4 Å². The first-order valence-electron chi connectivity index (χ1n) is 9.29. The molecule has 0 aliphatic heterocycles. The number of nitrogens with zero attached hydrogens (tertiary/aromatic N) is 1. The number of anilines is 1. The quantitative estimate of drug-likeness (QED) is 0.432. The number of benzene rings is 2. The number of aliphatic carboxylic acids is 1. The van der Waals surface area contributed by atoms with Gasteiger partial charge in [-0.3, -0.25) is 4.79 Å². The van der Waals surface area contributed by atoms with Gasteiger partial charge in [0.25, 0.3) is 0 Å². The fourth-order valence-corrected chi connectivity index (χ4v) is 5.60. The molecular weight excluding hydrogens is 446 g/mol. The van der Waals surface area contributed by atoms with E-state index >= 15 is 0 Å². The number of thiazole rings is 1. The zero-order valence-electron chi connectivity index (χ0n) is 16.4. The highest BCUT2D eigenvalue weighted by molar-refractivity contribution is 7.89. The number of hydrogen-bond donors (Lipinski definition) is 3. The minimum Gasteiger partial charge on any atom is -0.480 e. The molecule has 7 nitrogen and oxygen atoms in total. The second kappa shape index (κ2) is 9.30. The van der Waals surface area contributed by atoms with Crippen molar-refractivity contribution < 1.29 is 18.3 Å². The Morgan fingerprint density at radius 1 is 1.20 bits per heavy atom. The monoisotopic (exact) mass is 467 g/mol. The maximum Gasteiger partial charge on any atom is 0.321 e. The number of carboxylic acid groups (broad SMARTS) is 1. The summed E-state index contributed by atoms with van der Waals surface area (Å²) in [6.07, 6.45) is 0.196. The number of para-hydroxylation sites is 1. The van der Waals surface area contributed by atoms with Gasteiger partial charge in [-0.2, -0.15) is 4.72 Å². The summed E-state index contributed by atoms with van der Waals surface area (Å²) in [5, 5.41) is 13.7. The first-order chi connectivity index (χ1) is 14.2. The zero-order valence-corrected chi connectivity index (χ0v) is 18.8. The van der Waals surface area contributed by atoms with Crippen molar-refractivity contribution in [3.05, 3.63) is 53.1 Å². The summed E-state index contributed by atoms with van der Waals surface area (Å²) in [5.74, 6) is -1.18. The van der Waals surface area contributed by atoms with Gasteiger partial charge in [0, 0.05) is 6.54 Å². The average molecular weight is 468 g/mol. The first kappa shape index (κ1) is 22.5. The predicted octanol–water partition coefficient (Wildman–Crippen LogP) is 4.34. The molecule has 0 fully saturated rings. The Bertz CT molecular complexity index is 1160. The van der Waals surface area contributed by atoms with Crippen LogP contribution < -0.4 is 10.0 Å². The Hall–Kier alpha value is -2.20. The van der Waals surface area contributed by atoms with Gasteiger partial charge in [0.15, 0.2) is 5.13 Å². The normalized spacial score (nSPS) is 12.9. The molecule has 1 atom stereocenters. The lowest BCUT2D eigenvalue weighted by atomic mass is 10.1. The third-order valence-electron chi connectivity index (χ3n) is 4.36. The maximum atomic E-state index is 12.9. The van der Waals surface area contributed by atoms with E-state index in [-0.39, 0.29) is 23.8 Å². The van der Waals surface area contributed by atoms with Gasteiger partial charge >= 0.3 is 5.97 Å². The first-order valence-corrected chi connectivity index (χ1v) is 12.0. The number of aromatic nitrogens is 1. The van der Waals surface area contributed by atoms with E-state index in [1.807, 2.05) is 26.0 Å². The largest absolute Gasteiger partial charge is 0.480 e. The van der Waals surface area contributed by atoms with Gasteiger partial charge in [0.2, 0.25) is 10.0 Å². The number of carbonyl (C=O) groups is 1. The van der Waals surface area contributed by atoms with Crippen LogP contribution in [-0.2, 0) is 21.4 Å². The molecule has 0 aliphatic rings.